The Labute approximate surface area is 57.8 Å². The lowest BCUT2D eigenvalue weighted by Gasteiger charge is -1.98. The standard InChI is InChI=1S/C3H6N3O3P/c7-10(8)9-2-3-1-4-6-5-3/h1,7-8H,2H2,(H,4,5,6). The van der Waals surface area contributed by atoms with Gasteiger partial charge in [0.25, 0.3) is 0 Å². The Balaban J connectivity index is 2.28. The van der Waals surface area contributed by atoms with Crippen molar-refractivity contribution in [2.24, 2.45) is 0 Å². The first kappa shape index (κ1) is 7.56. The molecule has 10 heavy (non-hydrogen) atoms. The van der Waals surface area contributed by atoms with Gasteiger partial charge in [0.2, 0.25) is 0 Å². The molecule has 0 atom stereocenters. The second-order valence-corrected chi connectivity index (χ2v) is 2.25. The Morgan fingerprint density at radius 2 is 2.50 bits per heavy atom. The highest BCUT2D eigenvalue weighted by atomic mass is 31.2. The largest absolute Gasteiger partial charge is 0.328 e. The van der Waals surface area contributed by atoms with Crippen LogP contribution in [0.4, 0.5) is 0 Å². The molecule has 0 saturated carbocycles. The lowest BCUT2D eigenvalue weighted by atomic mass is 10.5. The van der Waals surface area contributed by atoms with Crippen molar-refractivity contribution in [1.29, 1.82) is 0 Å². The maximum absolute atomic E-state index is 8.29. The van der Waals surface area contributed by atoms with E-state index in [4.69, 9.17) is 9.79 Å². The monoisotopic (exact) mass is 163 g/mol. The van der Waals surface area contributed by atoms with Gasteiger partial charge < -0.3 is 14.3 Å². The Bertz CT molecular complexity index is 177. The van der Waals surface area contributed by atoms with E-state index in [1.54, 1.807) is 0 Å². The molecule has 1 aromatic heterocycles. The molecule has 6 nitrogen and oxygen atoms in total. The second kappa shape index (κ2) is 3.58. The van der Waals surface area contributed by atoms with Gasteiger partial charge in [-0.1, -0.05) is 0 Å². The van der Waals surface area contributed by atoms with Crippen LogP contribution in [0.5, 0.6) is 0 Å². The number of nitrogens with zero attached hydrogens (tertiary/aromatic N) is 2. The fraction of sp³-hybridized carbons (Fsp3) is 0.333. The molecule has 0 saturated heterocycles. The summed E-state index contributed by atoms with van der Waals surface area (Å²) in [6, 6.07) is 0. The lowest BCUT2D eigenvalue weighted by Crippen LogP contribution is -1.87. The van der Waals surface area contributed by atoms with Gasteiger partial charge in [0.05, 0.1) is 6.20 Å². The van der Waals surface area contributed by atoms with E-state index in [9.17, 15) is 0 Å². The molecule has 0 radical (unpaired) electrons. The molecule has 56 valence electrons. The number of hydrogen-bond donors (Lipinski definition) is 3. The number of aromatic amines is 1. The third-order valence-electron chi connectivity index (χ3n) is 0.793. The van der Waals surface area contributed by atoms with Crippen LogP contribution in [0.15, 0.2) is 6.20 Å². The Morgan fingerprint density at radius 3 is 3.00 bits per heavy atom. The van der Waals surface area contributed by atoms with Gasteiger partial charge in [-0.2, -0.15) is 15.4 Å². The van der Waals surface area contributed by atoms with Gasteiger partial charge >= 0.3 is 8.60 Å². The van der Waals surface area contributed by atoms with Crippen molar-refractivity contribution in [3.05, 3.63) is 11.9 Å². The summed E-state index contributed by atoms with van der Waals surface area (Å²) in [6.07, 6.45) is 1.44. The molecular weight excluding hydrogens is 157 g/mol. The molecule has 0 aromatic carbocycles. The SMILES string of the molecule is OP(O)OCc1cn[nH]n1. The van der Waals surface area contributed by atoms with E-state index in [0.717, 1.165) is 0 Å². The van der Waals surface area contributed by atoms with Crippen LogP contribution in [-0.2, 0) is 11.1 Å². The highest BCUT2D eigenvalue weighted by Gasteiger charge is 2.01. The second-order valence-electron chi connectivity index (χ2n) is 1.49. The van der Waals surface area contributed by atoms with Crippen molar-refractivity contribution in [1.82, 2.24) is 15.4 Å². The Morgan fingerprint density at radius 1 is 1.70 bits per heavy atom. The van der Waals surface area contributed by atoms with Gasteiger partial charge in [-0.25, -0.2) is 0 Å². The van der Waals surface area contributed by atoms with Crippen LogP contribution in [0.3, 0.4) is 0 Å². The first-order valence-corrected chi connectivity index (χ1v) is 3.61. The molecular formula is C3H6N3O3P. The Kier molecular flexibility index (Phi) is 2.70. The molecule has 0 aliphatic rings. The van der Waals surface area contributed by atoms with Crippen molar-refractivity contribution in [3.8, 4) is 0 Å². The average Bonchev–Trinajstić information content (AvgIpc) is 2.34. The summed E-state index contributed by atoms with van der Waals surface area (Å²) in [5, 5.41) is 9.46. The van der Waals surface area contributed by atoms with Gasteiger partial charge in [0.1, 0.15) is 12.3 Å². The maximum atomic E-state index is 8.29. The summed E-state index contributed by atoms with van der Waals surface area (Å²) < 4.78 is 4.44. The predicted octanol–water partition coefficient (Wildman–Crippen LogP) is -0.467. The zero-order valence-electron chi connectivity index (χ0n) is 4.93. The van der Waals surface area contributed by atoms with Crippen molar-refractivity contribution < 1.29 is 14.3 Å². The fourth-order valence-electron chi connectivity index (χ4n) is 0.419. The van der Waals surface area contributed by atoms with Crippen molar-refractivity contribution >= 4 is 8.60 Å². The number of aromatic nitrogens is 3. The Hall–Kier alpha value is -0.550. The summed E-state index contributed by atoms with van der Waals surface area (Å²) in [6.45, 7) is 0.0647. The zero-order valence-corrected chi connectivity index (χ0v) is 5.82. The highest BCUT2D eigenvalue weighted by molar-refractivity contribution is 7.39. The summed E-state index contributed by atoms with van der Waals surface area (Å²) in [7, 11) is -2.29. The van der Waals surface area contributed by atoms with E-state index in [1.807, 2.05) is 0 Å². The summed E-state index contributed by atoms with van der Waals surface area (Å²) in [4.78, 5) is 16.6. The third kappa shape index (κ3) is 2.36. The normalized spacial score (nSPS) is 10.7. The van der Waals surface area contributed by atoms with Gasteiger partial charge in [-0.3, -0.25) is 0 Å². The molecule has 0 amide bonds. The smallest absolute Gasteiger partial charge is 0.327 e. The minimum atomic E-state index is -2.29. The highest BCUT2D eigenvalue weighted by Crippen LogP contribution is 2.25. The molecule has 1 aromatic rings. The summed E-state index contributed by atoms with van der Waals surface area (Å²) in [5.41, 5.74) is 0.538. The molecule has 0 spiro atoms. The molecule has 1 heterocycles. The lowest BCUT2D eigenvalue weighted by molar-refractivity contribution is 0.243. The maximum Gasteiger partial charge on any atom is 0.327 e. The van der Waals surface area contributed by atoms with Crippen LogP contribution in [0.25, 0.3) is 0 Å². The van der Waals surface area contributed by atoms with Crippen molar-refractivity contribution in [2.45, 2.75) is 6.61 Å². The molecule has 1 rings (SSSR count). The number of hydrogen-bond acceptors (Lipinski definition) is 5. The number of rotatable bonds is 3. The van der Waals surface area contributed by atoms with E-state index in [-0.39, 0.29) is 6.61 Å². The molecule has 0 aliphatic carbocycles. The first-order chi connectivity index (χ1) is 4.79. The molecule has 7 heteroatoms. The predicted molar refractivity (Wildman–Crippen MR) is 32.5 cm³/mol. The summed E-state index contributed by atoms with van der Waals surface area (Å²) in [5.74, 6) is 0. The van der Waals surface area contributed by atoms with Crippen LogP contribution in [0.2, 0.25) is 0 Å². The minimum Gasteiger partial charge on any atom is -0.328 e. The van der Waals surface area contributed by atoms with E-state index in [2.05, 4.69) is 19.9 Å². The average molecular weight is 163 g/mol. The molecule has 0 fully saturated rings. The van der Waals surface area contributed by atoms with Gasteiger partial charge in [-0.15, -0.1) is 0 Å². The van der Waals surface area contributed by atoms with Crippen LogP contribution < -0.4 is 0 Å². The van der Waals surface area contributed by atoms with E-state index in [0.29, 0.717) is 5.69 Å². The van der Waals surface area contributed by atoms with Gasteiger partial charge in [0.15, 0.2) is 0 Å². The molecule has 0 bridgehead atoms. The van der Waals surface area contributed by atoms with Crippen molar-refractivity contribution in [3.63, 3.8) is 0 Å². The minimum absolute atomic E-state index is 0.0647. The number of nitrogens with one attached hydrogen (secondary N) is 1. The third-order valence-corrected chi connectivity index (χ3v) is 1.15. The van der Waals surface area contributed by atoms with E-state index < -0.39 is 8.60 Å². The van der Waals surface area contributed by atoms with Crippen LogP contribution in [-0.4, -0.2) is 25.2 Å². The molecule has 3 N–H and O–H groups in total. The zero-order chi connectivity index (χ0) is 7.40. The van der Waals surface area contributed by atoms with E-state index in [1.165, 1.54) is 6.20 Å². The number of H-pyrrole nitrogens is 1. The van der Waals surface area contributed by atoms with Crippen molar-refractivity contribution in [2.75, 3.05) is 0 Å². The van der Waals surface area contributed by atoms with Gasteiger partial charge in [-0.05, 0) is 0 Å². The summed E-state index contributed by atoms with van der Waals surface area (Å²) >= 11 is 0. The topological polar surface area (TPSA) is 91.3 Å². The molecule has 0 unspecified atom stereocenters. The fourth-order valence-corrected chi connectivity index (χ4v) is 0.666. The van der Waals surface area contributed by atoms with E-state index >= 15 is 0 Å². The first-order valence-electron chi connectivity index (χ1n) is 2.44. The molecule has 0 aliphatic heterocycles. The van der Waals surface area contributed by atoms with Gasteiger partial charge in [0, 0.05) is 0 Å². The van der Waals surface area contributed by atoms with Crippen LogP contribution in [0, 0.1) is 0 Å². The quantitative estimate of drug-likeness (QED) is 0.524. The van der Waals surface area contributed by atoms with Crippen LogP contribution >= 0.6 is 8.60 Å². The van der Waals surface area contributed by atoms with Crippen LogP contribution in [0.1, 0.15) is 5.69 Å².